The first-order chi connectivity index (χ1) is 5.81. The smallest absolute Gasteiger partial charge is 0.292 e. The molecule has 0 amide bonds. The standard InChI is InChI=1S/C4H7NO.C2H4O2.C2H6/c6-4-1-2-5-3-4;1-4-2-3;1-2/h5H,1-3H2;2H,1H3;1-2H3. The van der Waals surface area contributed by atoms with E-state index in [0.29, 0.717) is 18.8 Å². The minimum Gasteiger partial charge on any atom is -0.471 e. The SMILES string of the molecule is CC.COC=O.O=C1CCNC1. The number of ketones is 1. The molecule has 0 aromatic carbocycles. The predicted octanol–water partition coefficient (Wildman–Crippen LogP) is 0.364. The molecule has 0 atom stereocenters. The third-order valence-corrected chi connectivity index (χ3v) is 0.999. The van der Waals surface area contributed by atoms with Crippen LogP contribution in [-0.2, 0) is 14.3 Å². The van der Waals surface area contributed by atoms with Crippen molar-refractivity contribution in [1.29, 1.82) is 0 Å². The van der Waals surface area contributed by atoms with Crippen molar-refractivity contribution in [3.63, 3.8) is 0 Å². The summed E-state index contributed by atoms with van der Waals surface area (Å²) in [5.74, 6) is 0.343. The highest BCUT2D eigenvalue weighted by atomic mass is 16.5. The van der Waals surface area contributed by atoms with E-state index in [4.69, 9.17) is 4.79 Å². The zero-order valence-corrected chi connectivity index (χ0v) is 7.92. The highest BCUT2D eigenvalue weighted by molar-refractivity contribution is 5.82. The Morgan fingerprint density at radius 2 is 2.00 bits per heavy atom. The second-order valence-electron chi connectivity index (χ2n) is 1.80. The molecule has 1 aliphatic rings. The van der Waals surface area contributed by atoms with Gasteiger partial charge in [0.2, 0.25) is 0 Å². The van der Waals surface area contributed by atoms with Gasteiger partial charge in [0.15, 0.2) is 0 Å². The van der Waals surface area contributed by atoms with Gasteiger partial charge in [-0.15, -0.1) is 0 Å². The fourth-order valence-corrected chi connectivity index (χ4v) is 0.544. The lowest BCUT2D eigenvalue weighted by atomic mass is 10.4. The van der Waals surface area contributed by atoms with E-state index in [-0.39, 0.29) is 0 Å². The largest absolute Gasteiger partial charge is 0.471 e. The van der Waals surface area contributed by atoms with Crippen molar-refractivity contribution in [2.75, 3.05) is 20.2 Å². The Morgan fingerprint density at radius 3 is 2.08 bits per heavy atom. The molecule has 1 aliphatic heterocycles. The van der Waals surface area contributed by atoms with Crippen LogP contribution in [0.1, 0.15) is 20.3 Å². The van der Waals surface area contributed by atoms with Gasteiger partial charge in [-0.1, -0.05) is 13.8 Å². The van der Waals surface area contributed by atoms with Crippen molar-refractivity contribution in [2.45, 2.75) is 20.3 Å². The Kier molecular flexibility index (Phi) is 14.5. The summed E-state index contributed by atoms with van der Waals surface area (Å²) in [5.41, 5.74) is 0. The van der Waals surface area contributed by atoms with Crippen molar-refractivity contribution in [1.82, 2.24) is 5.32 Å². The van der Waals surface area contributed by atoms with Gasteiger partial charge in [-0.25, -0.2) is 0 Å². The molecular weight excluding hydrogens is 158 g/mol. The number of carbonyl (C=O) groups is 2. The topological polar surface area (TPSA) is 55.4 Å². The number of nitrogens with one attached hydrogen (secondary N) is 1. The fourth-order valence-electron chi connectivity index (χ4n) is 0.544. The molecule has 12 heavy (non-hydrogen) atoms. The second kappa shape index (κ2) is 12.7. The van der Waals surface area contributed by atoms with Crippen molar-refractivity contribution >= 4 is 12.3 Å². The van der Waals surface area contributed by atoms with Crippen LogP contribution in [0.3, 0.4) is 0 Å². The molecule has 0 radical (unpaired) electrons. The van der Waals surface area contributed by atoms with E-state index < -0.39 is 0 Å². The summed E-state index contributed by atoms with van der Waals surface area (Å²) in [5, 5.41) is 2.92. The average molecular weight is 175 g/mol. The summed E-state index contributed by atoms with van der Waals surface area (Å²) in [7, 11) is 1.31. The molecule has 1 N–H and O–H groups in total. The van der Waals surface area contributed by atoms with E-state index in [9.17, 15) is 4.79 Å². The third kappa shape index (κ3) is 11.8. The number of hydrogen-bond donors (Lipinski definition) is 1. The van der Waals surface area contributed by atoms with Gasteiger partial charge in [0.1, 0.15) is 5.78 Å². The van der Waals surface area contributed by atoms with Gasteiger partial charge in [-0.2, -0.15) is 0 Å². The van der Waals surface area contributed by atoms with Gasteiger partial charge in [0, 0.05) is 13.0 Å². The summed E-state index contributed by atoms with van der Waals surface area (Å²) in [6.07, 6.45) is 0.736. The normalized spacial score (nSPS) is 13.4. The van der Waals surface area contributed by atoms with Gasteiger partial charge < -0.3 is 10.1 Å². The number of methoxy groups -OCH3 is 1. The lowest BCUT2D eigenvalue weighted by Crippen LogP contribution is -2.07. The molecule has 0 aliphatic carbocycles. The van der Waals surface area contributed by atoms with E-state index in [1.54, 1.807) is 0 Å². The second-order valence-corrected chi connectivity index (χ2v) is 1.80. The van der Waals surface area contributed by atoms with E-state index in [1.807, 2.05) is 13.8 Å². The Bertz CT molecular complexity index is 107. The van der Waals surface area contributed by atoms with Crippen LogP contribution in [-0.4, -0.2) is 32.5 Å². The van der Waals surface area contributed by atoms with Crippen LogP contribution in [0.2, 0.25) is 0 Å². The molecule has 1 saturated heterocycles. The lowest BCUT2D eigenvalue weighted by molar-refractivity contribution is -0.126. The van der Waals surface area contributed by atoms with Crippen LogP contribution in [0, 0.1) is 0 Å². The van der Waals surface area contributed by atoms with Gasteiger partial charge in [-0.3, -0.25) is 9.59 Å². The Hall–Kier alpha value is -0.900. The zero-order chi connectivity index (χ0) is 9.82. The van der Waals surface area contributed by atoms with Crippen LogP contribution in [0.5, 0.6) is 0 Å². The van der Waals surface area contributed by atoms with E-state index in [2.05, 4.69) is 10.1 Å². The fraction of sp³-hybridized carbons (Fsp3) is 0.750. The number of Topliss-reactive ketones (excluding diaryl/α,β-unsaturated/α-hetero) is 1. The van der Waals surface area contributed by atoms with Gasteiger partial charge in [0.25, 0.3) is 6.47 Å². The highest BCUT2D eigenvalue weighted by Gasteiger charge is 2.06. The minimum absolute atomic E-state index is 0.343. The first-order valence-corrected chi connectivity index (χ1v) is 4.00. The van der Waals surface area contributed by atoms with E-state index >= 15 is 0 Å². The monoisotopic (exact) mass is 175 g/mol. The molecule has 4 nitrogen and oxygen atoms in total. The minimum atomic E-state index is 0.343. The molecule has 0 aromatic rings. The number of carbonyl (C=O) groups excluding carboxylic acids is 2. The van der Waals surface area contributed by atoms with Gasteiger partial charge >= 0.3 is 0 Å². The predicted molar refractivity (Wildman–Crippen MR) is 46.9 cm³/mol. The molecule has 0 spiro atoms. The Labute approximate surface area is 73.3 Å². The summed E-state index contributed by atoms with van der Waals surface area (Å²) in [4.78, 5) is 19.1. The number of ether oxygens (including phenoxy) is 1. The molecule has 1 heterocycles. The van der Waals surface area contributed by atoms with Crippen molar-refractivity contribution in [2.24, 2.45) is 0 Å². The maximum Gasteiger partial charge on any atom is 0.292 e. The van der Waals surface area contributed by atoms with Gasteiger partial charge in [0.05, 0.1) is 13.7 Å². The molecular formula is C8H17NO3. The van der Waals surface area contributed by atoms with Crippen LogP contribution in [0.15, 0.2) is 0 Å². The first kappa shape index (κ1) is 13.7. The summed E-state index contributed by atoms with van der Waals surface area (Å²) < 4.78 is 3.86. The Morgan fingerprint density at radius 1 is 1.50 bits per heavy atom. The van der Waals surface area contributed by atoms with Crippen LogP contribution in [0.25, 0.3) is 0 Å². The molecule has 0 aromatic heterocycles. The van der Waals surface area contributed by atoms with E-state index in [1.165, 1.54) is 7.11 Å². The van der Waals surface area contributed by atoms with E-state index in [0.717, 1.165) is 13.0 Å². The molecule has 1 rings (SSSR count). The van der Waals surface area contributed by atoms with Crippen LogP contribution < -0.4 is 5.32 Å². The summed E-state index contributed by atoms with van der Waals surface area (Å²) in [6.45, 7) is 5.86. The molecule has 0 bridgehead atoms. The summed E-state index contributed by atoms with van der Waals surface area (Å²) >= 11 is 0. The molecule has 0 unspecified atom stereocenters. The van der Waals surface area contributed by atoms with Gasteiger partial charge in [-0.05, 0) is 0 Å². The molecule has 0 saturated carbocycles. The first-order valence-electron chi connectivity index (χ1n) is 4.00. The van der Waals surface area contributed by atoms with Crippen LogP contribution >= 0.6 is 0 Å². The molecule has 1 fully saturated rings. The Balaban J connectivity index is 0. The van der Waals surface area contributed by atoms with Crippen molar-refractivity contribution < 1.29 is 14.3 Å². The molecule has 72 valence electrons. The maximum absolute atomic E-state index is 10.2. The summed E-state index contributed by atoms with van der Waals surface area (Å²) in [6, 6.07) is 0. The van der Waals surface area contributed by atoms with Crippen molar-refractivity contribution in [3.8, 4) is 0 Å². The van der Waals surface area contributed by atoms with Crippen LogP contribution in [0.4, 0.5) is 0 Å². The molecule has 4 heteroatoms. The average Bonchev–Trinajstić information content (AvgIpc) is 2.60. The maximum atomic E-state index is 10.2. The quantitative estimate of drug-likeness (QED) is 0.585. The third-order valence-electron chi connectivity index (χ3n) is 0.999. The number of rotatable bonds is 1. The highest BCUT2D eigenvalue weighted by Crippen LogP contribution is 1.85. The number of hydrogen-bond acceptors (Lipinski definition) is 4. The zero-order valence-electron chi connectivity index (χ0n) is 7.92. The van der Waals surface area contributed by atoms with Crippen molar-refractivity contribution in [3.05, 3.63) is 0 Å². The lowest BCUT2D eigenvalue weighted by Gasteiger charge is -1.75.